The zero-order chi connectivity index (χ0) is 21.0. The van der Waals surface area contributed by atoms with Gasteiger partial charge in [0.1, 0.15) is 5.60 Å². The van der Waals surface area contributed by atoms with Gasteiger partial charge in [0, 0.05) is 28.9 Å². The summed E-state index contributed by atoms with van der Waals surface area (Å²) in [6, 6.07) is 6.32. The van der Waals surface area contributed by atoms with Gasteiger partial charge < -0.3 is 20.7 Å². The van der Waals surface area contributed by atoms with Gasteiger partial charge >= 0.3 is 6.09 Å². The molecular formula is C21H27BrN4O3. The zero-order valence-electron chi connectivity index (χ0n) is 17.0. The third-order valence-electron chi connectivity index (χ3n) is 4.58. The Morgan fingerprint density at radius 2 is 2.03 bits per heavy atom. The molecule has 0 bridgehead atoms. The number of carbonyl (C=O) groups excluding carboxylic acids is 2. The number of pyridine rings is 1. The number of benzene rings is 1. The number of nitrogens with zero attached hydrogens (tertiary/aromatic N) is 1. The average Bonchev–Trinajstić information content (AvgIpc) is 2.57. The lowest BCUT2D eigenvalue weighted by molar-refractivity contribution is -0.116. The number of aromatic nitrogens is 1. The van der Waals surface area contributed by atoms with Gasteiger partial charge in [0.05, 0.1) is 23.1 Å². The Labute approximate surface area is 179 Å². The number of carbonyl (C=O) groups is 2. The normalized spacial score (nSPS) is 14.2. The molecule has 1 heterocycles. The maximum atomic E-state index is 12.4. The van der Waals surface area contributed by atoms with Crippen LogP contribution in [0.2, 0.25) is 0 Å². The van der Waals surface area contributed by atoms with E-state index < -0.39 is 11.7 Å². The summed E-state index contributed by atoms with van der Waals surface area (Å²) in [5.74, 6) is -0.198. The number of alkyl carbamates (subject to hydrolysis) is 1. The van der Waals surface area contributed by atoms with Gasteiger partial charge in [-0.15, -0.1) is 0 Å². The molecule has 29 heavy (non-hydrogen) atoms. The molecule has 3 N–H and O–H groups in total. The number of halogens is 1. The molecule has 2 aromatic rings. The van der Waals surface area contributed by atoms with E-state index in [2.05, 4.69) is 36.9 Å². The first-order valence-corrected chi connectivity index (χ1v) is 10.6. The van der Waals surface area contributed by atoms with Crippen LogP contribution in [0.15, 0.2) is 28.9 Å². The van der Waals surface area contributed by atoms with Crippen LogP contribution < -0.4 is 16.0 Å². The molecular weight excluding hydrogens is 436 g/mol. The number of hydrogen-bond donors (Lipinski definition) is 3. The van der Waals surface area contributed by atoms with Crippen molar-refractivity contribution in [2.24, 2.45) is 0 Å². The van der Waals surface area contributed by atoms with Crippen molar-refractivity contribution < 1.29 is 14.3 Å². The number of hydrogen-bond acceptors (Lipinski definition) is 5. The summed E-state index contributed by atoms with van der Waals surface area (Å²) in [4.78, 5) is 28.6. The second-order valence-corrected chi connectivity index (χ2v) is 9.12. The molecule has 1 saturated carbocycles. The molecule has 1 aromatic carbocycles. The van der Waals surface area contributed by atoms with E-state index in [4.69, 9.17) is 4.74 Å². The molecule has 0 saturated heterocycles. The number of amides is 2. The number of rotatable bonds is 6. The summed E-state index contributed by atoms with van der Waals surface area (Å²) in [6.45, 7) is 5.57. The second kappa shape index (κ2) is 8.98. The van der Waals surface area contributed by atoms with Crippen LogP contribution in [0.3, 0.4) is 0 Å². The highest BCUT2D eigenvalue weighted by Crippen LogP contribution is 2.34. The third kappa shape index (κ3) is 6.06. The standard InChI is InChI=1S/C21H27BrN4O3/c1-21(2,3)29-20(28)23-10-9-18(27)26-17-12-24-16-11-13(22)7-8-15(16)19(17)25-14-5-4-6-14/h7-8,11-12,14H,4-6,9-10H2,1-3H3,(H,23,28)(H,24,25)(H,26,27). The topological polar surface area (TPSA) is 92.3 Å². The number of fused-ring (bicyclic) bond motifs is 1. The molecule has 0 aliphatic heterocycles. The molecule has 0 radical (unpaired) electrons. The first-order valence-electron chi connectivity index (χ1n) is 9.83. The Morgan fingerprint density at radius 1 is 1.28 bits per heavy atom. The number of anilines is 2. The van der Waals surface area contributed by atoms with Crippen LogP contribution >= 0.6 is 15.9 Å². The molecule has 156 valence electrons. The first kappa shape index (κ1) is 21.4. The second-order valence-electron chi connectivity index (χ2n) is 8.21. The van der Waals surface area contributed by atoms with Crippen LogP contribution in [-0.4, -0.2) is 35.2 Å². The van der Waals surface area contributed by atoms with Crippen molar-refractivity contribution in [3.63, 3.8) is 0 Å². The smallest absolute Gasteiger partial charge is 0.407 e. The van der Waals surface area contributed by atoms with Crippen LogP contribution in [0.4, 0.5) is 16.2 Å². The van der Waals surface area contributed by atoms with Crippen LogP contribution in [-0.2, 0) is 9.53 Å². The van der Waals surface area contributed by atoms with Gasteiger partial charge in [0.15, 0.2) is 0 Å². The summed E-state index contributed by atoms with van der Waals surface area (Å²) >= 11 is 3.47. The minimum atomic E-state index is -0.569. The SMILES string of the molecule is CC(C)(C)OC(=O)NCCC(=O)Nc1cnc2cc(Br)ccc2c1NC1CCC1. The highest BCUT2D eigenvalue weighted by atomic mass is 79.9. The van der Waals surface area contributed by atoms with E-state index in [0.29, 0.717) is 11.7 Å². The quantitative estimate of drug-likeness (QED) is 0.572. The Morgan fingerprint density at radius 3 is 2.69 bits per heavy atom. The summed E-state index contributed by atoms with van der Waals surface area (Å²) in [6.07, 6.45) is 4.73. The van der Waals surface area contributed by atoms with E-state index >= 15 is 0 Å². The maximum absolute atomic E-state index is 12.4. The fourth-order valence-corrected chi connectivity index (χ4v) is 3.33. The molecule has 1 aliphatic carbocycles. The predicted molar refractivity (Wildman–Crippen MR) is 118 cm³/mol. The molecule has 8 heteroatoms. The van der Waals surface area contributed by atoms with Crippen molar-refractivity contribution in [2.45, 2.75) is 58.1 Å². The summed E-state index contributed by atoms with van der Waals surface area (Å²) < 4.78 is 6.13. The molecule has 0 spiro atoms. The fraction of sp³-hybridized carbons (Fsp3) is 0.476. The summed E-state index contributed by atoms with van der Waals surface area (Å²) in [5.41, 5.74) is 1.82. The van der Waals surface area contributed by atoms with Crippen molar-refractivity contribution in [1.29, 1.82) is 0 Å². The lowest BCUT2D eigenvalue weighted by Gasteiger charge is -2.29. The van der Waals surface area contributed by atoms with E-state index in [1.807, 2.05) is 18.2 Å². The highest BCUT2D eigenvalue weighted by molar-refractivity contribution is 9.10. The molecule has 0 atom stereocenters. The lowest BCUT2D eigenvalue weighted by atomic mass is 9.92. The van der Waals surface area contributed by atoms with E-state index in [-0.39, 0.29) is 18.9 Å². The Hall–Kier alpha value is -2.35. The van der Waals surface area contributed by atoms with Crippen molar-refractivity contribution in [3.8, 4) is 0 Å². The molecule has 0 unspecified atom stereocenters. The van der Waals surface area contributed by atoms with Crippen LogP contribution in [0, 0.1) is 0 Å². The van der Waals surface area contributed by atoms with Gasteiger partial charge in [-0.1, -0.05) is 15.9 Å². The van der Waals surface area contributed by atoms with Crippen LogP contribution in [0.1, 0.15) is 46.5 Å². The monoisotopic (exact) mass is 462 g/mol. The maximum Gasteiger partial charge on any atom is 0.407 e. The first-order chi connectivity index (χ1) is 13.7. The minimum Gasteiger partial charge on any atom is -0.444 e. The van der Waals surface area contributed by atoms with E-state index in [0.717, 1.165) is 33.9 Å². The van der Waals surface area contributed by atoms with E-state index in [1.165, 1.54) is 6.42 Å². The van der Waals surface area contributed by atoms with Crippen molar-refractivity contribution in [3.05, 3.63) is 28.9 Å². The van der Waals surface area contributed by atoms with Crippen LogP contribution in [0.5, 0.6) is 0 Å². The van der Waals surface area contributed by atoms with Gasteiger partial charge in [-0.05, 0) is 58.2 Å². The molecule has 1 aliphatic rings. The average molecular weight is 463 g/mol. The van der Waals surface area contributed by atoms with Gasteiger partial charge in [-0.25, -0.2) is 4.79 Å². The third-order valence-corrected chi connectivity index (χ3v) is 5.07. The van der Waals surface area contributed by atoms with Gasteiger partial charge in [0.25, 0.3) is 0 Å². The minimum absolute atomic E-state index is 0.139. The van der Waals surface area contributed by atoms with Gasteiger partial charge in [0.2, 0.25) is 5.91 Å². The predicted octanol–water partition coefficient (Wildman–Crippen LogP) is 4.82. The number of nitrogens with one attached hydrogen (secondary N) is 3. The Bertz CT molecular complexity index is 907. The van der Waals surface area contributed by atoms with Gasteiger partial charge in [-0.2, -0.15) is 0 Å². The summed E-state index contributed by atoms with van der Waals surface area (Å²) in [7, 11) is 0. The van der Waals surface area contributed by atoms with Crippen molar-refractivity contribution >= 4 is 50.2 Å². The van der Waals surface area contributed by atoms with Crippen LogP contribution in [0.25, 0.3) is 10.9 Å². The van der Waals surface area contributed by atoms with Gasteiger partial charge in [-0.3, -0.25) is 9.78 Å². The van der Waals surface area contributed by atoms with E-state index in [9.17, 15) is 9.59 Å². The largest absolute Gasteiger partial charge is 0.444 e. The molecule has 1 aromatic heterocycles. The number of ether oxygens (including phenoxy) is 1. The highest BCUT2D eigenvalue weighted by Gasteiger charge is 2.21. The molecule has 7 nitrogen and oxygen atoms in total. The Kier molecular flexibility index (Phi) is 6.62. The van der Waals surface area contributed by atoms with Crippen molar-refractivity contribution in [1.82, 2.24) is 10.3 Å². The molecule has 1 fully saturated rings. The summed E-state index contributed by atoms with van der Waals surface area (Å²) in [5, 5.41) is 10.0. The Balaban J connectivity index is 1.66. The fourth-order valence-electron chi connectivity index (χ4n) is 2.98. The zero-order valence-corrected chi connectivity index (χ0v) is 18.6. The van der Waals surface area contributed by atoms with E-state index in [1.54, 1.807) is 27.0 Å². The lowest BCUT2D eigenvalue weighted by Crippen LogP contribution is -2.34. The van der Waals surface area contributed by atoms with Crippen molar-refractivity contribution in [2.75, 3.05) is 17.2 Å². The molecule has 3 rings (SSSR count). The molecule has 2 amide bonds.